The van der Waals surface area contributed by atoms with Gasteiger partial charge in [0.05, 0.1) is 30.9 Å². The van der Waals surface area contributed by atoms with Crippen LogP contribution < -0.4 is 5.32 Å². The maximum atomic E-state index is 14.2. The number of benzene rings is 2. The highest BCUT2D eigenvalue weighted by Gasteiger charge is 2.61. The zero-order chi connectivity index (χ0) is 27.2. The quantitative estimate of drug-likeness (QED) is 0.349. The molecule has 0 spiro atoms. The molecule has 7 nitrogen and oxygen atoms in total. The van der Waals surface area contributed by atoms with Gasteiger partial charge in [-0.25, -0.2) is 9.59 Å². The van der Waals surface area contributed by atoms with E-state index in [1.807, 2.05) is 50.2 Å². The molecule has 2 aromatic rings. The summed E-state index contributed by atoms with van der Waals surface area (Å²) in [5.41, 5.74) is 2.85. The van der Waals surface area contributed by atoms with Crippen LogP contribution in [0.2, 0.25) is 0 Å². The van der Waals surface area contributed by atoms with E-state index >= 15 is 0 Å². The Bertz CT molecular complexity index is 1150. The van der Waals surface area contributed by atoms with Gasteiger partial charge in [-0.1, -0.05) is 36.4 Å². The molecule has 1 N–H and O–H groups in total. The molecule has 7 heteroatoms. The van der Waals surface area contributed by atoms with Gasteiger partial charge in [-0.05, 0) is 75.6 Å². The first-order chi connectivity index (χ1) is 18.3. The summed E-state index contributed by atoms with van der Waals surface area (Å²) >= 11 is 0. The largest absolute Gasteiger partial charge is 0.462 e. The first kappa shape index (κ1) is 27.8. The molecule has 2 aliphatic rings. The number of rotatable bonds is 9. The van der Waals surface area contributed by atoms with Crippen LogP contribution in [0.4, 0.5) is 5.69 Å². The van der Waals surface area contributed by atoms with Gasteiger partial charge in [-0.3, -0.25) is 4.79 Å². The second-order valence-electron chi connectivity index (χ2n) is 10.9. The van der Waals surface area contributed by atoms with E-state index in [0.29, 0.717) is 28.6 Å². The Morgan fingerprint density at radius 3 is 2.21 bits per heavy atom. The van der Waals surface area contributed by atoms with Crippen LogP contribution in [0.3, 0.4) is 0 Å². The van der Waals surface area contributed by atoms with E-state index in [-0.39, 0.29) is 31.6 Å². The number of nitrogens with one attached hydrogen (secondary N) is 1. The van der Waals surface area contributed by atoms with Crippen LogP contribution in [-0.4, -0.2) is 54.1 Å². The first-order valence-electron chi connectivity index (χ1n) is 14.0. The zero-order valence-electron chi connectivity index (χ0n) is 23.0. The molecule has 1 saturated heterocycles. The highest BCUT2D eigenvalue weighted by atomic mass is 16.5. The van der Waals surface area contributed by atoms with Crippen molar-refractivity contribution >= 4 is 23.5 Å². The number of likely N-dealkylation sites (tertiary alicyclic amines) is 1. The zero-order valence-corrected chi connectivity index (χ0v) is 23.0. The molecular formula is C31H41N2O5+. The van der Waals surface area contributed by atoms with Crippen molar-refractivity contribution in [3.8, 4) is 0 Å². The summed E-state index contributed by atoms with van der Waals surface area (Å²) in [6.07, 6.45) is 6.50. The number of esters is 2. The number of carbonyl (C=O) groups is 3. The number of aryl methyl sites for hydroxylation is 2. The van der Waals surface area contributed by atoms with E-state index in [4.69, 9.17) is 9.47 Å². The molecule has 0 radical (unpaired) electrons. The van der Waals surface area contributed by atoms with Crippen molar-refractivity contribution in [2.75, 3.05) is 31.6 Å². The van der Waals surface area contributed by atoms with Crippen LogP contribution in [0.25, 0.3) is 0 Å². The molecule has 0 atom stereocenters. The molecule has 4 rings (SSSR count). The monoisotopic (exact) mass is 521 g/mol. The van der Waals surface area contributed by atoms with E-state index in [1.165, 1.54) is 0 Å². The van der Waals surface area contributed by atoms with Gasteiger partial charge in [0.2, 0.25) is 0 Å². The van der Waals surface area contributed by atoms with E-state index < -0.39 is 11.5 Å². The van der Waals surface area contributed by atoms with Crippen molar-refractivity contribution in [3.63, 3.8) is 0 Å². The number of nitrogens with zero attached hydrogens (tertiary/aromatic N) is 1. The summed E-state index contributed by atoms with van der Waals surface area (Å²) in [7, 11) is 0. The van der Waals surface area contributed by atoms with Crippen LogP contribution in [0.5, 0.6) is 0 Å². The van der Waals surface area contributed by atoms with Crippen LogP contribution in [0.1, 0.15) is 78.9 Å². The molecule has 1 aliphatic carbocycles. The number of carbonyl (C=O) groups excluding carboxylic acids is 3. The van der Waals surface area contributed by atoms with Crippen molar-refractivity contribution in [1.29, 1.82) is 0 Å². The Morgan fingerprint density at radius 1 is 0.921 bits per heavy atom. The van der Waals surface area contributed by atoms with Gasteiger partial charge in [0.25, 0.3) is 5.91 Å². The van der Waals surface area contributed by atoms with Gasteiger partial charge >= 0.3 is 11.9 Å². The van der Waals surface area contributed by atoms with Gasteiger partial charge in [-0.15, -0.1) is 0 Å². The highest BCUT2D eigenvalue weighted by Crippen LogP contribution is 2.46. The van der Waals surface area contributed by atoms with Crippen molar-refractivity contribution in [2.24, 2.45) is 0 Å². The molecule has 2 fully saturated rings. The van der Waals surface area contributed by atoms with E-state index in [9.17, 15) is 14.4 Å². The van der Waals surface area contributed by atoms with Crippen LogP contribution in [0.15, 0.2) is 42.5 Å². The fraction of sp³-hybridized carbons (Fsp3) is 0.516. The lowest BCUT2D eigenvalue weighted by molar-refractivity contribution is -0.965. The average Bonchev–Trinajstić information content (AvgIpc) is 3.10. The van der Waals surface area contributed by atoms with Gasteiger partial charge in [0.1, 0.15) is 6.61 Å². The molecular weight excluding hydrogens is 480 g/mol. The minimum atomic E-state index is -0.723. The predicted molar refractivity (Wildman–Crippen MR) is 147 cm³/mol. The maximum absolute atomic E-state index is 14.2. The standard InChI is InChI=1S/C31H40N2O5/c1-4-37-29(35)26-20-23(2)19-24(3)28(26)32-30(36)31(15-12-16-31)33(17-10-5-6-11-18-33)21-27(34)38-22-25-13-8-7-9-14-25/h7-9,13-14,19-20H,4-6,10-12,15-18,21-22H2,1-3H3/p+1. The summed E-state index contributed by atoms with van der Waals surface area (Å²) in [6.45, 7) is 7.79. The second-order valence-corrected chi connectivity index (χ2v) is 10.9. The molecule has 0 bridgehead atoms. The van der Waals surface area contributed by atoms with E-state index in [0.717, 1.165) is 61.9 Å². The summed E-state index contributed by atoms with van der Waals surface area (Å²) in [5, 5.41) is 3.15. The third-order valence-corrected chi connectivity index (χ3v) is 8.32. The molecule has 0 unspecified atom stereocenters. The van der Waals surface area contributed by atoms with E-state index in [2.05, 4.69) is 5.32 Å². The highest BCUT2D eigenvalue weighted by molar-refractivity contribution is 6.05. The summed E-state index contributed by atoms with van der Waals surface area (Å²) < 4.78 is 11.4. The van der Waals surface area contributed by atoms with Crippen LogP contribution in [-0.2, 0) is 25.7 Å². The molecule has 1 saturated carbocycles. The number of quaternary nitrogens is 1. The smallest absolute Gasteiger partial charge is 0.362 e. The minimum absolute atomic E-state index is 0.112. The van der Waals surface area contributed by atoms with Gasteiger partial charge in [0.15, 0.2) is 12.1 Å². The SMILES string of the molecule is CCOC(=O)c1cc(C)cc(C)c1NC(=O)C1([N+]2(CC(=O)OCc3ccccc3)CCCCCC2)CCC1. The van der Waals surface area contributed by atoms with Gasteiger partial charge in [-0.2, -0.15) is 0 Å². The fourth-order valence-electron chi connectivity index (χ4n) is 6.22. The van der Waals surface area contributed by atoms with Crippen molar-refractivity contribution in [1.82, 2.24) is 0 Å². The maximum Gasteiger partial charge on any atom is 0.362 e. The topological polar surface area (TPSA) is 81.7 Å². The molecule has 1 aliphatic heterocycles. The predicted octanol–water partition coefficient (Wildman–Crippen LogP) is 5.48. The molecule has 1 heterocycles. The normalized spacial score (nSPS) is 18.0. The van der Waals surface area contributed by atoms with Crippen molar-refractivity contribution < 1.29 is 28.3 Å². The Balaban J connectivity index is 1.62. The molecule has 2 aromatic carbocycles. The van der Waals surface area contributed by atoms with Crippen LogP contribution in [0, 0.1) is 13.8 Å². The second kappa shape index (κ2) is 12.1. The lowest BCUT2D eigenvalue weighted by Gasteiger charge is -2.55. The lowest BCUT2D eigenvalue weighted by atomic mass is 9.71. The van der Waals surface area contributed by atoms with E-state index in [1.54, 1.807) is 13.0 Å². The molecule has 38 heavy (non-hydrogen) atoms. The molecule has 0 aromatic heterocycles. The lowest BCUT2D eigenvalue weighted by Crippen LogP contribution is -2.74. The Hall–Kier alpha value is -3.19. The molecule has 1 amide bonds. The third kappa shape index (κ3) is 5.78. The summed E-state index contributed by atoms with van der Waals surface area (Å²) in [5.74, 6) is -0.826. The van der Waals surface area contributed by atoms with Crippen molar-refractivity contribution in [2.45, 2.75) is 77.9 Å². The Morgan fingerprint density at radius 2 is 1.61 bits per heavy atom. The van der Waals surface area contributed by atoms with Gasteiger partial charge in [0, 0.05) is 12.8 Å². The summed E-state index contributed by atoms with van der Waals surface area (Å²) in [4.78, 5) is 40.3. The first-order valence-corrected chi connectivity index (χ1v) is 14.0. The number of ether oxygens (including phenoxy) is 2. The Labute approximate surface area is 226 Å². The van der Waals surface area contributed by atoms with Crippen molar-refractivity contribution in [3.05, 3.63) is 64.7 Å². The number of hydrogen-bond acceptors (Lipinski definition) is 5. The van der Waals surface area contributed by atoms with Crippen LogP contribution >= 0.6 is 0 Å². The minimum Gasteiger partial charge on any atom is -0.462 e. The number of hydrogen-bond donors (Lipinski definition) is 1. The number of anilines is 1. The average molecular weight is 522 g/mol. The fourth-order valence-corrected chi connectivity index (χ4v) is 6.22. The number of amides is 1. The Kier molecular flexibility index (Phi) is 8.87. The summed E-state index contributed by atoms with van der Waals surface area (Å²) in [6, 6.07) is 13.4. The van der Waals surface area contributed by atoms with Gasteiger partial charge < -0.3 is 19.3 Å². The molecule has 204 valence electrons. The third-order valence-electron chi connectivity index (χ3n) is 8.32.